The average molecular weight is 129 g/mol. The molecule has 0 radical (unpaired) electrons. The third-order valence-electron chi connectivity index (χ3n) is 1.81. The summed E-state index contributed by atoms with van der Waals surface area (Å²) in [5.41, 5.74) is 5.39. The molecule has 1 aliphatic carbocycles. The van der Waals surface area contributed by atoms with Crippen LogP contribution in [0.4, 0.5) is 0 Å². The number of nitrogens with two attached hydrogens (primary N) is 1. The number of rotatable bonds is 3. The van der Waals surface area contributed by atoms with Crippen LogP contribution >= 0.6 is 0 Å². The van der Waals surface area contributed by atoms with E-state index < -0.39 is 0 Å². The Bertz CT molecular complexity index is 97.1. The third kappa shape index (κ3) is 2.33. The van der Waals surface area contributed by atoms with Gasteiger partial charge in [0, 0.05) is 5.54 Å². The Hall–Kier alpha value is -0.0800. The SMILES string of the molecule is C[C@@](N)(CO)CC1CC1. The van der Waals surface area contributed by atoms with Gasteiger partial charge in [0.15, 0.2) is 0 Å². The smallest absolute Gasteiger partial charge is 0.0608 e. The fourth-order valence-electron chi connectivity index (χ4n) is 1.05. The highest BCUT2D eigenvalue weighted by atomic mass is 16.3. The average Bonchev–Trinajstić information content (AvgIpc) is 2.50. The van der Waals surface area contributed by atoms with E-state index in [4.69, 9.17) is 10.8 Å². The van der Waals surface area contributed by atoms with E-state index in [1.807, 2.05) is 6.92 Å². The molecule has 2 heteroatoms. The molecule has 1 rings (SSSR count). The molecule has 0 amide bonds. The summed E-state index contributed by atoms with van der Waals surface area (Å²) in [5, 5.41) is 8.75. The molecule has 0 bridgehead atoms. The normalized spacial score (nSPS) is 25.7. The molecule has 0 spiro atoms. The van der Waals surface area contributed by atoms with Crippen molar-refractivity contribution in [2.75, 3.05) is 6.61 Å². The van der Waals surface area contributed by atoms with Crippen molar-refractivity contribution in [2.45, 2.75) is 31.7 Å². The third-order valence-corrected chi connectivity index (χ3v) is 1.81. The molecule has 0 saturated heterocycles. The van der Waals surface area contributed by atoms with Crippen LogP contribution in [0.3, 0.4) is 0 Å². The van der Waals surface area contributed by atoms with Crippen LogP contribution in [0.1, 0.15) is 26.2 Å². The van der Waals surface area contributed by atoms with E-state index in [1.165, 1.54) is 12.8 Å². The van der Waals surface area contributed by atoms with E-state index in [0.717, 1.165) is 12.3 Å². The second kappa shape index (κ2) is 2.27. The maximum absolute atomic E-state index is 8.75. The standard InChI is InChI=1S/C7H15NO/c1-7(8,5-9)4-6-2-3-6/h6,9H,2-5,8H2,1H3/t7-/m0/s1. The highest BCUT2D eigenvalue weighted by Gasteiger charge is 2.29. The molecule has 0 aliphatic heterocycles. The van der Waals surface area contributed by atoms with Gasteiger partial charge in [-0.2, -0.15) is 0 Å². The van der Waals surface area contributed by atoms with Crippen LogP contribution in [0.15, 0.2) is 0 Å². The first-order valence-electron chi connectivity index (χ1n) is 3.54. The van der Waals surface area contributed by atoms with Gasteiger partial charge in [-0.05, 0) is 19.3 Å². The molecule has 9 heavy (non-hydrogen) atoms. The monoisotopic (exact) mass is 129 g/mol. The van der Waals surface area contributed by atoms with E-state index in [9.17, 15) is 0 Å². The molecular formula is C7H15NO. The van der Waals surface area contributed by atoms with Crippen molar-refractivity contribution in [2.24, 2.45) is 11.7 Å². The molecule has 0 aromatic carbocycles. The van der Waals surface area contributed by atoms with Crippen molar-refractivity contribution in [3.05, 3.63) is 0 Å². The zero-order chi connectivity index (χ0) is 6.91. The van der Waals surface area contributed by atoms with Crippen molar-refractivity contribution in [3.63, 3.8) is 0 Å². The first-order chi connectivity index (χ1) is 4.14. The molecule has 0 aromatic heterocycles. The summed E-state index contributed by atoms with van der Waals surface area (Å²) in [4.78, 5) is 0. The van der Waals surface area contributed by atoms with E-state index in [2.05, 4.69) is 0 Å². The molecule has 0 heterocycles. The summed E-state index contributed by atoms with van der Waals surface area (Å²) < 4.78 is 0. The van der Waals surface area contributed by atoms with E-state index in [0.29, 0.717) is 0 Å². The lowest BCUT2D eigenvalue weighted by Crippen LogP contribution is -2.40. The summed E-state index contributed by atoms with van der Waals surface area (Å²) in [6.45, 7) is 2.02. The van der Waals surface area contributed by atoms with Crippen LogP contribution in [-0.2, 0) is 0 Å². The van der Waals surface area contributed by atoms with Crippen LogP contribution in [-0.4, -0.2) is 17.3 Å². The molecule has 1 atom stereocenters. The second-order valence-corrected chi connectivity index (χ2v) is 3.46. The lowest BCUT2D eigenvalue weighted by atomic mass is 9.98. The summed E-state index contributed by atoms with van der Waals surface area (Å²) in [5.74, 6) is 0.812. The van der Waals surface area contributed by atoms with Gasteiger partial charge in [-0.3, -0.25) is 0 Å². The van der Waals surface area contributed by atoms with Gasteiger partial charge in [0.1, 0.15) is 0 Å². The lowest BCUT2D eigenvalue weighted by Gasteiger charge is -2.20. The van der Waals surface area contributed by atoms with Gasteiger partial charge in [-0.1, -0.05) is 12.8 Å². The minimum atomic E-state index is -0.318. The minimum Gasteiger partial charge on any atom is -0.394 e. The van der Waals surface area contributed by atoms with Gasteiger partial charge in [0.05, 0.1) is 6.61 Å². The Labute approximate surface area is 56.1 Å². The van der Waals surface area contributed by atoms with Gasteiger partial charge < -0.3 is 10.8 Å². The Kier molecular flexibility index (Phi) is 1.78. The molecular weight excluding hydrogens is 114 g/mol. The van der Waals surface area contributed by atoms with Crippen molar-refractivity contribution in [1.82, 2.24) is 0 Å². The molecule has 1 fully saturated rings. The van der Waals surface area contributed by atoms with E-state index >= 15 is 0 Å². The first kappa shape index (κ1) is 7.03. The number of hydrogen-bond donors (Lipinski definition) is 2. The molecule has 54 valence electrons. The van der Waals surface area contributed by atoms with Crippen LogP contribution in [0.25, 0.3) is 0 Å². The number of aliphatic hydroxyl groups is 1. The molecule has 1 saturated carbocycles. The van der Waals surface area contributed by atoms with Crippen LogP contribution in [0.2, 0.25) is 0 Å². The Morgan fingerprint density at radius 2 is 2.22 bits per heavy atom. The van der Waals surface area contributed by atoms with Crippen molar-refractivity contribution >= 4 is 0 Å². The zero-order valence-corrected chi connectivity index (χ0v) is 5.93. The van der Waals surface area contributed by atoms with Gasteiger partial charge in [0.2, 0.25) is 0 Å². The highest BCUT2D eigenvalue weighted by molar-refractivity contribution is 4.86. The molecule has 0 aromatic rings. The van der Waals surface area contributed by atoms with Crippen molar-refractivity contribution in [3.8, 4) is 0 Å². The number of hydrogen-bond acceptors (Lipinski definition) is 2. The molecule has 2 nitrogen and oxygen atoms in total. The first-order valence-corrected chi connectivity index (χ1v) is 3.54. The topological polar surface area (TPSA) is 46.2 Å². The predicted molar refractivity (Wildman–Crippen MR) is 37.0 cm³/mol. The van der Waals surface area contributed by atoms with Crippen LogP contribution < -0.4 is 5.73 Å². The molecule has 1 aliphatic rings. The van der Waals surface area contributed by atoms with Crippen LogP contribution in [0, 0.1) is 5.92 Å². The van der Waals surface area contributed by atoms with Crippen LogP contribution in [0.5, 0.6) is 0 Å². The largest absolute Gasteiger partial charge is 0.394 e. The summed E-state index contributed by atoms with van der Waals surface area (Å²) in [6, 6.07) is 0. The minimum absolute atomic E-state index is 0.115. The Balaban J connectivity index is 2.21. The van der Waals surface area contributed by atoms with Gasteiger partial charge in [-0.15, -0.1) is 0 Å². The van der Waals surface area contributed by atoms with Crippen molar-refractivity contribution < 1.29 is 5.11 Å². The summed E-state index contributed by atoms with van der Waals surface area (Å²) in [6.07, 6.45) is 3.61. The van der Waals surface area contributed by atoms with Gasteiger partial charge >= 0.3 is 0 Å². The maximum atomic E-state index is 8.75. The lowest BCUT2D eigenvalue weighted by molar-refractivity contribution is 0.195. The van der Waals surface area contributed by atoms with E-state index in [-0.39, 0.29) is 12.1 Å². The summed E-state index contributed by atoms with van der Waals surface area (Å²) in [7, 11) is 0. The second-order valence-electron chi connectivity index (χ2n) is 3.46. The van der Waals surface area contributed by atoms with Gasteiger partial charge in [0.25, 0.3) is 0 Å². The fraction of sp³-hybridized carbons (Fsp3) is 1.00. The summed E-state index contributed by atoms with van der Waals surface area (Å²) >= 11 is 0. The maximum Gasteiger partial charge on any atom is 0.0608 e. The quantitative estimate of drug-likeness (QED) is 0.582. The van der Waals surface area contributed by atoms with E-state index in [1.54, 1.807) is 0 Å². The fourth-order valence-corrected chi connectivity index (χ4v) is 1.05. The molecule has 0 unspecified atom stereocenters. The number of aliphatic hydroxyl groups excluding tert-OH is 1. The van der Waals surface area contributed by atoms with Gasteiger partial charge in [-0.25, -0.2) is 0 Å². The van der Waals surface area contributed by atoms with Crippen molar-refractivity contribution in [1.29, 1.82) is 0 Å². The predicted octanol–water partition coefficient (Wildman–Crippen LogP) is 0.496. The Morgan fingerprint density at radius 3 is 2.56 bits per heavy atom. The molecule has 3 N–H and O–H groups in total. The Morgan fingerprint density at radius 1 is 1.67 bits per heavy atom. The highest BCUT2D eigenvalue weighted by Crippen LogP contribution is 2.35. The zero-order valence-electron chi connectivity index (χ0n) is 5.93.